The van der Waals surface area contributed by atoms with Gasteiger partial charge in [-0.25, -0.2) is 0 Å². The zero-order valence-electron chi connectivity index (χ0n) is 19.2. The van der Waals surface area contributed by atoms with Crippen LogP contribution in [0.5, 0.6) is 34.5 Å². The monoisotopic (exact) mass is 444 g/mol. The first-order valence-corrected chi connectivity index (χ1v) is 10.4. The minimum absolute atomic E-state index is 0.0702. The molecule has 0 aliphatic rings. The van der Waals surface area contributed by atoms with Crippen molar-refractivity contribution in [3.05, 3.63) is 34.5 Å². The Morgan fingerprint density at radius 2 is 1.38 bits per heavy atom. The third kappa shape index (κ3) is 4.12. The third-order valence-electron chi connectivity index (χ3n) is 4.74. The van der Waals surface area contributed by atoms with E-state index in [-0.39, 0.29) is 40.3 Å². The van der Waals surface area contributed by atoms with Crippen LogP contribution in [0, 0.1) is 0 Å². The highest BCUT2D eigenvalue weighted by atomic mass is 16.5. The molecule has 0 aliphatic carbocycles. The Kier molecular flexibility index (Phi) is 7.35. The van der Waals surface area contributed by atoms with Crippen molar-refractivity contribution in [2.24, 2.45) is 0 Å². The van der Waals surface area contributed by atoms with Crippen LogP contribution in [0.1, 0.15) is 20.8 Å². The Labute approximate surface area is 186 Å². The first-order valence-electron chi connectivity index (χ1n) is 10.4. The number of hydrogen-bond acceptors (Lipinski definition) is 8. The van der Waals surface area contributed by atoms with E-state index in [1.165, 1.54) is 14.2 Å². The lowest BCUT2D eigenvalue weighted by molar-refractivity contribution is 0.298. The molecular weight excluding hydrogens is 416 g/mol. The summed E-state index contributed by atoms with van der Waals surface area (Å²) in [5, 5.41) is 0.218. The van der Waals surface area contributed by atoms with E-state index < -0.39 is 0 Å². The SMILES string of the molecule is CCOc1cc(-c2oc3cc(OC)c(OC)c(OCC)c3c(=O)c2OCC)ccc1OC. The van der Waals surface area contributed by atoms with E-state index in [0.717, 1.165) is 0 Å². The van der Waals surface area contributed by atoms with Gasteiger partial charge in [-0.05, 0) is 39.0 Å². The molecule has 0 atom stereocenters. The molecule has 8 nitrogen and oxygen atoms in total. The fourth-order valence-electron chi connectivity index (χ4n) is 3.44. The molecule has 1 aromatic heterocycles. The van der Waals surface area contributed by atoms with Crippen LogP contribution in [0.2, 0.25) is 0 Å². The molecule has 172 valence electrons. The van der Waals surface area contributed by atoms with Crippen molar-refractivity contribution >= 4 is 11.0 Å². The Hall–Kier alpha value is -3.55. The summed E-state index contributed by atoms with van der Waals surface area (Å²) in [5.41, 5.74) is 0.508. The van der Waals surface area contributed by atoms with Crippen molar-refractivity contribution in [1.82, 2.24) is 0 Å². The maximum atomic E-state index is 13.6. The van der Waals surface area contributed by atoms with Crippen molar-refractivity contribution in [3.8, 4) is 45.8 Å². The van der Waals surface area contributed by atoms with Crippen LogP contribution in [0.3, 0.4) is 0 Å². The van der Waals surface area contributed by atoms with Gasteiger partial charge in [-0.3, -0.25) is 4.79 Å². The average molecular weight is 444 g/mol. The molecule has 0 radical (unpaired) electrons. The summed E-state index contributed by atoms with van der Waals surface area (Å²) < 4.78 is 39.7. The summed E-state index contributed by atoms with van der Waals surface area (Å²) >= 11 is 0. The summed E-state index contributed by atoms with van der Waals surface area (Å²) in [7, 11) is 4.55. The second-order valence-corrected chi connectivity index (χ2v) is 6.57. The summed E-state index contributed by atoms with van der Waals surface area (Å²) in [6, 6.07) is 6.88. The molecule has 3 rings (SSSR count). The molecule has 8 heteroatoms. The van der Waals surface area contributed by atoms with E-state index in [9.17, 15) is 4.79 Å². The van der Waals surface area contributed by atoms with E-state index in [2.05, 4.69) is 0 Å². The predicted octanol–water partition coefficient (Wildman–Crippen LogP) is 4.68. The lowest BCUT2D eigenvalue weighted by atomic mass is 10.1. The number of ether oxygens (including phenoxy) is 6. The summed E-state index contributed by atoms with van der Waals surface area (Å²) in [6.07, 6.45) is 0. The van der Waals surface area contributed by atoms with Crippen molar-refractivity contribution in [1.29, 1.82) is 0 Å². The number of fused-ring (bicyclic) bond motifs is 1. The van der Waals surface area contributed by atoms with Crippen LogP contribution in [0.15, 0.2) is 33.5 Å². The highest BCUT2D eigenvalue weighted by molar-refractivity contribution is 5.92. The number of hydrogen-bond donors (Lipinski definition) is 0. The van der Waals surface area contributed by atoms with Gasteiger partial charge in [0.2, 0.25) is 16.9 Å². The van der Waals surface area contributed by atoms with Gasteiger partial charge in [0.15, 0.2) is 28.8 Å². The minimum Gasteiger partial charge on any atom is -0.493 e. The van der Waals surface area contributed by atoms with Crippen molar-refractivity contribution in [2.45, 2.75) is 20.8 Å². The molecule has 2 aromatic carbocycles. The van der Waals surface area contributed by atoms with Gasteiger partial charge in [-0.15, -0.1) is 0 Å². The Morgan fingerprint density at radius 3 is 1.97 bits per heavy atom. The molecule has 0 bridgehead atoms. The van der Waals surface area contributed by atoms with Crippen LogP contribution >= 0.6 is 0 Å². The Balaban J connectivity index is 2.39. The Bertz CT molecular complexity index is 1150. The summed E-state index contributed by atoms with van der Waals surface area (Å²) in [5.74, 6) is 2.37. The fraction of sp³-hybridized carbons (Fsp3) is 0.375. The highest BCUT2D eigenvalue weighted by Gasteiger charge is 2.26. The van der Waals surface area contributed by atoms with Gasteiger partial charge in [-0.2, -0.15) is 0 Å². The van der Waals surface area contributed by atoms with Crippen LogP contribution in [0.4, 0.5) is 0 Å². The average Bonchev–Trinajstić information content (AvgIpc) is 2.80. The molecule has 1 heterocycles. The fourth-order valence-corrected chi connectivity index (χ4v) is 3.44. The van der Waals surface area contributed by atoms with Crippen LogP contribution < -0.4 is 33.8 Å². The van der Waals surface area contributed by atoms with E-state index >= 15 is 0 Å². The molecule has 0 saturated heterocycles. The number of methoxy groups -OCH3 is 3. The van der Waals surface area contributed by atoms with Gasteiger partial charge in [0.1, 0.15) is 11.0 Å². The smallest absolute Gasteiger partial charge is 0.239 e. The molecule has 0 N–H and O–H groups in total. The van der Waals surface area contributed by atoms with Gasteiger partial charge in [0.05, 0.1) is 41.2 Å². The van der Waals surface area contributed by atoms with Gasteiger partial charge in [-0.1, -0.05) is 0 Å². The first kappa shape index (κ1) is 23.1. The largest absolute Gasteiger partial charge is 0.493 e. The van der Waals surface area contributed by atoms with Crippen LogP contribution in [-0.2, 0) is 0 Å². The number of benzene rings is 2. The zero-order chi connectivity index (χ0) is 23.3. The van der Waals surface area contributed by atoms with Crippen LogP contribution in [-0.4, -0.2) is 41.2 Å². The molecular formula is C24H28O8. The normalized spacial score (nSPS) is 10.7. The molecule has 0 spiro atoms. The molecule has 0 saturated carbocycles. The zero-order valence-corrected chi connectivity index (χ0v) is 19.2. The lowest BCUT2D eigenvalue weighted by Gasteiger charge is -2.17. The maximum Gasteiger partial charge on any atom is 0.239 e. The molecule has 0 fully saturated rings. The Morgan fingerprint density at radius 1 is 0.719 bits per heavy atom. The summed E-state index contributed by atoms with van der Waals surface area (Å²) in [6.45, 7) is 6.54. The van der Waals surface area contributed by atoms with Crippen LogP contribution in [0.25, 0.3) is 22.3 Å². The highest BCUT2D eigenvalue weighted by Crippen LogP contribution is 2.45. The quantitative estimate of drug-likeness (QED) is 0.446. The lowest BCUT2D eigenvalue weighted by Crippen LogP contribution is -2.12. The van der Waals surface area contributed by atoms with Crippen molar-refractivity contribution < 1.29 is 32.8 Å². The topological polar surface area (TPSA) is 85.6 Å². The van der Waals surface area contributed by atoms with Gasteiger partial charge in [0, 0.05) is 11.6 Å². The summed E-state index contributed by atoms with van der Waals surface area (Å²) in [4.78, 5) is 13.6. The van der Waals surface area contributed by atoms with E-state index in [1.54, 1.807) is 38.3 Å². The molecule has 0 aliphatic heterocycles. The second kappa shape index (κ2) is 10.2. The third-order valence-corrected chi connectivity index (χ3v) is 4.74. The minimum atomic E-state index is -0.374. The van der Waals surface area contributed by atoms with Gasteiger partial charge in [0.25, 0.3) is 0 Å². The van der Waals surface area contributed by atoms with Crippen molar-refractivity contribution in [3.63, 3.8) is 0 Å². The maximum absolute atomic E-state index is 13.6. The molecule has 3 aromatic rings. The van der Waals surface area contributed by atoms with Gasteiger partial charge < -0.3 is 32.8 Å². The number of rotatable bonds is 10. The molecule has 0 amide bonds. The molecule has 32 heavy (non-hydrogen) atoms. The second-order valence-electron chi connectivity index (χ2n) is 6.57. The van der Waals surface area contributed by atoms with E-state index in [1.807, 2.05) is 13.8 Å². The first-order chi connectivity index (χ1) is 15.5. The predicted molar refractivity (Wildman–Crippen MR) is 121 cm³/mol. The standard InChI is InChI=1S/C24H28O8/c1-7-29-16-12-14(10-11-15(16)26-4)21-24(31-9-3)20(25)19-17(32-21)13-18(27-5)22(28-6)23(19)30-8-2/h10-13H,7-9H2,1-6H3. The van der Waals surface area contributed by atoms with E-state index in [4.69, 9.17) is 32.8 Å². The molecule has 0 unspecified atom stereocenters. The van der Waals surface area contributed by atoms with Crippen molar-refractivity contribution in [2.75, 3.05) is 41.2 Å². The van der Waals surface area contributed by atoms with E-state index in [0.29, 0.717) is 41.8 Å². The van der Waals surface area contributed by atoms with Gasteiger partial charge >= 0.3 is 0 Å².